The van der Waals surface area contributed by atoms with Crippen LogP contribution < -0.4 is 9.64 Å². The maximum absolute atomic E-state index is 12.5. The number of aromatic nitrogens is 1. The molecule has 182 valence electrons. The van der Waals surface area contributed by atoms with Crippen LogP contribution in [0.3, 0.4) is 0 Å². The fraction of sp³-hybridized carbons (Fsp3) is 0.519. The maximum atomic E-state index is 12.5. The Balaban J connectivity index is 1.35. The Labute approximate surface area is 202 Å². The minimum atomic E-state index is -0.507. The number of aryl methyl sites for hydroxylation is 1. The standard InChI is InChI=1S/C27H35N3O4/c1-18-15-21(25(31)20-9-10-20)11-12-22(18)17-33-24-8-6-7-23(28-24)29-13-14-30(19(2)16-29)26(32)34-27(3,4)5/h6-8,11-12,15,19-20H,9-10,13-14,16-17H2,1-5H3. The summed E-state index contributed by atoms with van der Waals surface area (Å²) in [6, 6.07) is 11.6. The molecule has 1 unspecified atom stereocenters. The van der Waals surface area contributed by atoms with Gasteiger partial charge in [-0.3, -0.25) is 4.79 Å². The Morgan fingerprint density at radius 3 is 2.53 bits per heavy atom. The number of benzene rings is 1. The van der Waals surface area contributed by atoms with Gasteiger partial charge >= 0.3 is 6.09 Å². The molecule has 2 aliphatic rings. The van der Waals surface area contributed by atoms with Crippen molar-refractivity contribution in [2.24, 2.45) is 5.92 Å². The monoisotopic (exact) mass is 465 g/mol. The van der Waals surface area contributed by atoms with Gasteiger partial charge in [0.05, 0.1) is 0 Å². The molecule has 1 amide bonds. The average Bonchev–Trinajstić information content (AvgIpc) is 3.62. The first-order chi connectivity index (χ1) is 16.1. The molecule has 2 fully saturated rings. The van der Waals surface area contributed by atoms with Gasteiger partial charge in [0, 0.05) is 43.2 Å². The molecule has 4 rings (SSSR count). The number of carbonyl (C=O) groups is 2. The largest absolute Gasteiger partial charge is 0.473 e. The van der Waals surface area contributed by atoms with Crippen molar-refractivity contribution < 1.29 is 19.1 Å². The van der Waals surface area contributed by atoms with Crippen molar-refractivity contribution >= 4 is 17.7 Å². The van der Waals surface area contributed by atoms with Crippen molar-refractivity contribution in [3.05, 3.63) is 53.1 Å². The zero-order valence-corrected chi connectivity index (χ0v) is 20.8. The molecule has 7 heteroatoms. The molecular formula is C27H35N3O4. The van der Waals surface area contributed by atoms with E-state index in [0.717, 1.165) is 35.3 Å². The second-order valence-corrected chi connectivity index (χ2v) is 10.4. The van der Waals surface area contributed by atoms with Crippen molar-refractivity contribution in [2.45, 2.75) is 65.7 Å². The molecule has 7 nitrogen and oxygen atoms in total. The van der Waals surface area contributed by atoms with E-state index in [9.17, 15) is 9.59 Å². The average molecular weight is 466 g/mol. The molecule has 1 aromatic heterocycles. The van der Waals surface area contributed by atoms with Crippen LogP contribution in [0.5, 0.6) is 5.88 Å². The number of anilines is 1. The Bertz CT molecular complexity index is 1060. The third-order valence-corrected chi connectivity index (χ3v) is 6.24. The molecule has 1 aliphatic carbocycles. The number of amides is 1. The first kappa shape index (κ1) is 24.0. The van der Waals surface area contributed by atoms with Gasteiger partial charge in [-0.15, -0.1) is 0 Å². The minimum absolute atomic E-state index is 0.00879. The lowest BCUT2D eigenvalue weighted by molar-refractivity contribution is 0.0158. The molecule has 2 aromatic rings. The van der Waals surface area contributed by atoms with Gasteiger partial charge in [0.2, 0.25) is 5.88 Å². The number of ketones is 1. The van der Waals surface area contributed by atoms with Crippen LogP contribution in [0.2, 0.25) is 0 Å². The molecule has 34 heavy (non-hydrogen) atoms. The number of hydrogen-bond donors (Lipinski definition) is 0. The molecule has 0 N–H and O–H groups in total. The van der Waals surface area contributed by atoms with Crippen LogP contribution in [-0.4, -0.2) is 53.0 Å². The van der Waals surface area contributed by atoms with Crippen molar-refractivity contribution in [3.8, 4) is 5.88 Å². The van der Waals surface area contributed by atoms with E-state index in [1.165, 1.54) is 0 Å². The van der Waals surface area contributed by atoms with Gasteiger partial charge in [0.15, 0.2) is 5.78 Å². The van der Waals surface area contributed by atoms with E-state index in [1.54, 1.807) is 4.90 Å². The quantitative estimate of drug-likeness (QED) is 0.559. The van der Waals surface area contributed by atoms with E-state index in [4.69, 9.17) is 14.5 Å². The summed E-state index contributed by atoms with van der Waals surface area (Å²) < 4.78 is 11.5. The second kappa shape index (κ2) is 9.65. The van der Waals surface area contributed by atoms with Crippen molar-refractivity contribution in [1.29, 1.82) is 0 Å². The van der Waals surface area contributed by atoms with E-state index < -0.39 is 5.60 Å². The van der Waals surface area contributed by atoms with Gasteiger partial charge in [-0.1, -0.05) is 18.2 Å². The van der Waals surface area contributed by atoms with Crippen LogP contribution in [0, 0.1) is 12.8 Å². The van der Waals surface area contributed by atoms with Gasteiger partial charge in [0.25, 0.3) is 0 Å². The highest BCUT2D eigenvalue weighted by Crippen LogP contribution is 2.33. The lowest BCUT2D eigenvalue weighted by Gasteiger charge is -2.40. The van der Waals surface area contributed by atoms with Gasteiger partial charge in [-0.25, -0.2) is 4.79 Å². The molecule has 0 spiro atoms. The predicted molar refractivity (Wildman–Crippen MR) is 131 cm³/mol. The maximum Gasteiger partial charge on any atom is 0.410 e. The zero-order chi connectivity index (χ0) is 24.5. The number of ether oxygens (including phenoxy) is 2. The summed E-state index contributed by atoms with van der Waals surface area (Å²) in [4.78, 5) is 33.4. The summed E-state index contributed by atoms with van der Waals surface area (Å²) in [6.45, 7) is 12.0. The molecule has 0 bridgehead atoms. The summed E-state index contributed by atoms with van der Waals surface area (Å²) in [7, 11) is 0. The van der Waals surface area contributed by atoms with Crippen LogP contribution in [0.4, 0.5) is 10.6 Å². The second-order valence-electron chi connectivity index (χ2n) is 10.4. The van der Waals surface area contributed by atoms with Crippen LogP contribution >= 0.6 is 0 Å². The predicted octanol–water partition coefficient (Wildman–Crippen LogP) is 5.01. The third kappa shape index (κ3) is 5.88. The number of nitrogens with zero attached hydrogens (tertiary/aromatic N) is 3. The van der Waals surface area contributed by atoms with Crippen molar-refractivity contribution in [2.75, 3.05) is 24.5 Å². The van der Waals surface area contributed by atoms with Gasteiger partial charge < -0.3 is 19.3 Å². The summed E-state index contributed by atoms with van der Waals surface area (Å²) in [5.74, 6) is 1.86. The third-order valence-electron chi connectivity index (χ3n) is 6.24. The Morgan fingerprint density at radius 2 is 1.88 bits per heavy atom. The van der Waals surface area contributed by atoms with Gasteiger partial charge in [-0.2, -0.15) is 4.98 Å². The topological polar surface area (TPSA) is 72.0 Å². The van der Waals surface area contributed by atoms with Crippen LogP contribution in [0.1, 0.15) is 62.0 Å². The Hall–Kier alpha value is -3.09. The molecule has 0 radical (unpaired) electrons. The molecule has 1 saturated carbocycles. The highest BCUT2D eigenvalue weighted by atomic mass is 16.6. The number of Topliss-reactive ketones (excluding diaryl/α,β-unsaturated/α-hetero) is 1. The van der Waals surface area contributed by atoms with E-state index >= 15 is 0 Å². The number of hydrogen-bond acceptors (Lipinski definition) is 6. The summed E-state index contributed by atoms with van der Waals surface area (Å²) >= 11 is 0. The SMILES string of the molecule is Cc1cc(C(=O)C2CC2)ccc1COc1cccc(N2CCN(C(=O)OC(C)(C)C)C(C)C2)n1. The van der Waals surface area contributed by atoms with E-state index in [1.807, 2.05) is 71.0 Å². The van der Waals surface area contributed by atoms with Gasteiger partial charge in [-0.05, 0) is 70.7 Å². The highest BCUT2D eigenvalue weighted by molar-refractivity contribution is 5.99. The van der Waals surface area contributed by atoms with Crippen molar-refractivity contribution in [3.63, 3.8) is 0 Å². The Morgan fingerprint density at radius 1 is 1.12 bits per heavy atom. The smallest absolute Gasteiger partial charge is 0.410 e. The Kier molecular flexibility index (Phi) is 6.82. The van der Waals surface area contributed by atoms with E-state index in [2.05, 4.69) is 4.90 Å². The molecule has 2 heterocycles. The fourth-order valence-electron chi connectivity index (χ4n) is 4.16. The molecule has 1 aromatic carbocycles. The lowest BCUT2D eigenvalue weighted by atomic mass is 10.0. The number of pyridine rings is 1. The summed E-state index contributed by atoms with van der Waals surface area (Å²) in [5.41, 5.74) is 2.38. The molecule has 1 atom stereocenters. The normalized spacial score (nSPS) is 18.6. The fourth-order valence-corrected chi connectivity index (χ4v) is 4.16. The van der Waals surface area contributed by atoms with Crippen molar-refractivity contribution in [1.82, 2.24) is 9.88 Å². The number of carbonyl (C=O) groups excluding carboxylic acids is 2. The minimum Gasteiger partial charge on any atom is -0.473 e. The summed E-state index contributed by atoms with van der Waals surface area (Å²) in [6.07, 6.45) is 1.75. The highest BCUT2D eigenvalue weighted by Gasteiger charge is 2.32. The molecule has 1 aliphatic heterocycles. The van der Waals surface area contributed by atoms with Crippen LogP contribution in [0.15, 0.2) is 36.4 Å². The van der Waals surface area contributed by atoms with E-state index in [0.29, 0.717) is 32.1 Å². The zero-order valence-electron chi connectivity index (χ0n) is 20.8. The van der Waals surface area contributed by atoms with Crippen LogP contribution in [-0.2, 0) is 11.3 Å². The lowest BCUT2D eigenvalue weighted by Crippen LogP contribution is -2.55. The first-order valence-electron chi connectivity index (χ1n) is 12.1. The van der Waals surface area contributed by atoms with Crippen LogP contribution in [0.25, 0.3) is 0 Å². The summed E-state index contributed by atoms with van der Waals surface area (Å²) in [5, 5.41) is 0. The first-order valence-corrected chi connectivity index (χ1v) is 12.1. The number of rotatable bonds is 6. The molecular weight excluding hydrogens is 430 g/mol. The van der Waals surface area contributed by atoms with E-state index in [-0.39, 0.29) is 23.8 Å². The molecule has 1 saturated heterocycles. The number of piperazine rings is 1. The van der Waals surface area contributed by atoms with Gasteiger partial charge in [0.1, 0.15) is 18.0 Å².